The highest BCUT2D eigenvalue weighted by atomic mass is 35.5. The summed E-state index contributed by atoms with van der Waals surface area (Å²) in [5.41, 5.74) is -0.172. The van der Waals surface area contributed by atoms with Gasteiger partial charge in [0.25, 0.3) is 0 Å². The first-order chi connectivity index (χ1) is 8.29. The van der Waals surface area contributed by atoms with Crippen LogP contribution >= 0.6 is 11.6 Å². The van der Waals surface area contributed by atoms with Crippen LogP contribution < -0.4 is 4.74 Å². The highest BCUT2D eigenvalue weighted by Gasteiger charge is 2.26. The van der Waals surface area contributed by atoms with Crippen LogP contribution in [0.4, 0.5) is 13.2 Å². The smallest absolute Gasteiger partial charge is 0.389 e. The van der Waals surface area contributed by atoms with Crippen molar-refractivity contribution in [3.05, 3.63) is 28.8 Å². The Morgan fingerprint density at radius 1 is 1.39 bits per heavy atom. The molecule has 3 nitrogen and oxygen atoms in total. The minimum atomic E-state index is -4.24. The molecule has 0 radical (unpaired) electrons. The number of aromatic carboxylic acids is 1. The molecule has 100 valence electrons. The Bertz CT molecular complexity index is 432. The van der Waals surface area contributed by atoms with Crippen molar-refractivity contribution in [2.45, 2.75) is 19.0 Å². The van der Waals surface area contributed by atoms with Gasteiger partial charge in [-0.3, -0.25) is 0 Å². The molecule has 0 unspecified atom stereocenters. The van der Waals surface area contributed by atoms with Crippen molar-refractivity contribution in [1.29, 1.82) is 0 Å². The van der Waals surface area contributed by atoms with E-state index in [4.69, 9.17) is 21.4 Å². The summed E-state index contributed by atoms with van der Waals surface area (Å²) in [6.07, 6.45) is -5.44. The van der Waals surface area contributed by atoms with Gasteiger partial charge in [-0.25, -0.2) is 4.79 Å². The zero-order valence-electron chi connectivity index (χ0n) is 9.13. The molecular formula is C11H10ClF3O3. The van der Waals surface area contributed by atoms with Crippen molar-refractivity contribution >= 4 is 17.6 Å². The van der Waals surface area contributed by atoms with Crippen LogP contribution in [0.2, 0.25) is 5.02 Å². The van der Waals surface area contributed by atoms with E-state index in [-0.39, 0.29) is 29.4 Å². The number of rotatable bonds is 5. The Hall–Kier alpha value is -1.43. The fraction of sp³-hybridized carbons (Fsp3) is 0.364. The van der Waals surface area contributed by atoms with Crippen LogP contribution in [0.15, 0.2) is 18.2 Å². The van der Waals surface area contributed by atoms with Crippen LogP contribution in [0.3, 0.4) is 0 Å². The molecule has 0 aliphatic rings. The molecule has 0 saturated carbocycles. The van der Waals surface area contributed by atoms with Crippen LogP contribution in [0.25, 0.3) is 0 Å². The van der Waals surface area contributed by atoms with Crippen LogP contribution in [0, 0.1) is 0 Å². The normalized spacial score (nSPS) is 11.3. The van der Waals surface area contributed by atoms with E-state index in [9.17, 15) is 18.0 Å². The third kappa shape index (κ3) is 4.83. The van der Waals surface area contributed by atoms with Crippen molar-refractivity contribution in [2.75, 3.05) is 6.61 Å². The van der Waals surface area contributed by atoms with Crippen molar-refractivity contribution in [1.82, 2.24) is 0 Å². The predicted molar refractivity (Wildman–Crippen MR) is 59.2 cm³/mol. The lowest BCUT2D eigenvalue weighted by Gasteiger charge is -2.10. The largest absolute Gasteiger partial charge is 0.493 e. The highest BCUT2D eigenvalue weighted by Crippen LogP contribution is 2.24. The van der Waals surface area contributed by atoms with Crippen LogP contribution in [0.1, 0.15) is 23.2 Å². The first kappa shape index (κ1) is 14.6. The number of hydrogen-bond donors (Lipinski definition) is 1. The molecule has 1 rings (SSSR count). The maximum absolute atomic E-state index is 11.9. The second-order valence-electron chi connectivity index (χ2n) is 3.51. The molecule has 18 heavy (non-hydrogen) atoms. The van der Waals surface area contributed by atoms with Gasteiger partial charge in [-0.1, -0.05) is 11.6 Å². The van der Waals surface area contributed by atoms with Gasteiger partial charge in [-0.05, 0) is 24.6 Å². The standard InChI is InChI=1S/C11H10ClF3O3/c12-7-2-3-9(8(6-7)10(16)17)18-5-1-4-11(13,14)15/h2-3,6H,1,4-5H2,(H,16,17). The van der Waals surface area contributed by atoms with Gasteiger partial charge in [0.1, 0.15) is 11.3 Å². The maximum Gasteiger partial charge on any atom is 0.389 e. The number of alkyl halides is 3. The van der Waals surface area contributed by atoms with Crippen LogP contribution in [-0.4, -0.2) is 23.9 Å². The number of halogens is 4. The van der Waals surface area contributed by atoms with Gasteiger partial charge in [-0.15, -0.1) is 0 Å². The summed E-state index contributed by atoms with van der Waals surface area (Å²) in [5.74, 6) is -1.24. The van der Waals surface area contributed by atoms with E-state index < -0.39 is 18.6 Å². The summed E-state index contributed by atoms with van der Waals surface area (Å²) in [6.45, 7) is -0.207. The monoisotopic (exact) mass is 282 g/mol. The van der Waals surface area contributed by atoms with E-state index in [0.717, 1.165) is 0 Å². The van der Waals surface area contributed by atoms with Gasteiger partial charge >= 0.3 is 12.1 Å². The topological polar surface area (TPSA) is 46.5 Å². The van der Waals surface area contributed by atoms with Gasteiger partial charge in [0.2, 0.25) is 0 Å². The molecule has 0 saturated heterocycles. The van der Waals surface area contributed by atoms with E-state index in [1.165, 1.54) is 18.2 Å². The van der Waals surface area contributed by atoms with Crippen LogP contribution in [0.5, 0.6) is 5.75 Å². The molecule has 1 aromatic carbocycles. The summed E-state index contributed by atoms with van der Waals surface area (Å²) in [4.78, 5) is 10.8. The molecule has 0 heterocycles. The number of carboxylic acids is 1. The second-order valence-corrected chi connectivity index (χ2v) is 3.95. The Morgan fingerprint density at radius 3 is 2.61 bits per heavy atom. The average molecular weight is 283 g/mol. The fourth-order valence-electron chi connectivity index (χ4n) is 1.25. The third-order valence-electron chi connectivity index (χ3n) is 2.03. The van der Waals surface area contributed by atoms with Crippen molar-refractivity contribution in [2.24, 2.45) is 0 Å². The Kier molecular flexibility index (Phi) is 4.84. The van der Waals surface area contributed by atoms with E-state index >= 15 is 0 Å². The second kappa shape index (κ2) is 5.95. The lowest BCUT2D eigenvalue weighted by Crippen LogP contribution is -2.10. The molecule has 1 N–H and O–H groups in total. The van der Waals surface area contributed by atoms with Gasteiger partial charge in [-0.2, -0.15) is 13.2 Å². The summed E-state index contributed by atoms with van der Waals surface area (Å²) in [5, 5.41) is 9.07. The van der Waals surface area contributed by atoms with E-state index in [1.807, 2.05) is 0 Å². The Morgan fingerprint density at radius 2 is 2.06 bits per heavy atom. The lowest BCUT2D eigenvalue weighted by molar-refractivity contribution is -0.136. The molecule has 0 spiro atoms. The molecule has 0 bridgehead atoms. The summed E-state index contributed by atoms with van der Waals surface area (Å²) >= 11 is 5.61. The summed E-state index contributed by atoms with van der Waals surface area (Å²) in [6, 6.07) is 3.91. The Labute approximate surface area is 106 Å². The number of hydrogen-bond acceptors (Lipinski definition) is 2. The number of ether oxygens (including phenoxy) is 1. The van der Waals surface area contributed by atoms with Gasteiger partial charge < -0.3 is 9.84 Å². The van der Waals surface area contributed by atoms with E-state index in [2.05, 4.69) is 0 Å². The minimum absolute atomic E-state index is 0.00840. The zero-order chi connectivity index (χ0) is 13.8. The van der Waals surface area contributed by atoms with Gasteiger partial charge in [0.05, 0.1) is 6.61 Å². The molecular weight excluding hydrogens is 273 g/mol. The van der Waals surface area contributed by atoms with Gasteiger partial charge in [0, 0.05) is 11.4 Å². The molecule has 1 aromatic rings. The highest BCUT2D eigenvalue weighted by molar-refractivity contribution is 6.31. The molecule has 7 heteroatoms. The molecule has 0 aromatic heterocycles. The predicted octanol–water partition coefficient (Wildman–Crippen LogP) is 3.76. The first-order valence-electron chi connectivity index (χ1n) is 5.02. The van der Waals surface area contributed by atoms with Crippen molar-refractivity contribution in [3.8, 4) is 5.75 Å². The number of carboxylic acid groups (broad SMARTS) is 1. The molecule has 0 amide bonds. The molecule has 0 aliphatic heterocycles. The number of benzene rings is 1. The van der Waals surface area contributed by atoms with Crippen LogP contribution in [-0.2, 0) is 0 Å². The van der Waals surface area contributed by atoms with E-state index in [0.29, 0.717) is 0 Å². The maximum atomic E-state index is 11.9. The SMILES string of the molecule is O=C(O)c1cc(Cl)ccc1OCCCC(F)(F)F. The molecule has 0 atom stereocenters. The fourth-order valence-corrected chi connectivity index (χ4v) is 1.42. The quantitative estimate of drug-likeness (QED) is 0.837. The zero-order valence-corrected chi connectivity index (χ0v) is 9.88. The summed E-state index contributed by atoms with van der Waals surface area (Å²) < 4.78 is 40.6. The third-order valence-corrected chi connectivity index (χ3v) is 2.27. The summed E-state index contributed by atoms with van der Waals surface area (Å²) in [7, 11) is 0. The van der Waals surface area contributed by atoms with Gasteiger partial charge in [0.15, 0.2) is 0 Å². The number of carbonyl (C=O) groups is 1. The first-order valence-corrected chi connectivity index (χ1v) is 5.40. The average Bonchev–Trinajstić information content (AvgIpc) is 2.24. The minimum Gasteiger partial charge on any atom is -0.493 e. The van der Waals surface area contributed by atoms with Crippen molar-refractivity contribution in [3.63, 3.8) is 0 Å². The lowest BCUT2D eigenvalue weighted by atomic mass is 10.2. The molecule has 0 fully saturated rings. The molecule has 0 aliphatic carbocycles. The van der Waals surface area contributed by atoms with E-state index in [1.54, 1.807) is 0 Å². The Balaban J connectivity index is 2.59. The van der Waals surface area contributed by atoms with Crippen molar-refractivity contribution < 1.29 is 27.8 Å².